The summed E-state index contributed by atoms with van der Waals surface area (Å²) in [6.07, 6.45) is 3.89. The molecule has 1 fully saturated rings. The Balaban J connectivity index is 1.34. The highest BCUT2D eigenvalue weighted by molar-refractivity contribution is 6.02. The second-order valence-electron chi connectivity index (χ2n) is 8.17. The predicted octanol–water partition coefficient (Wildman–Crippen LogP) is 4.16. The van der Waals surface area contributed by atoms with Gasteiger partial charge in [0, 0.05) is 24.3 Å². The average Bonchev–Trinajstić information content (AvgIpc) is 3.44. The van der Waals surface area contributed by atoms with Gasteiger partial charge in [0.05, 0.1) is 18.8 Å². The first kappa shape index (κ1) is 19.4. The number of methoxy groups -OCH3 is 1. The zero-order chi connectivity index (χ0) is 21.4. The van der Waals surface area contributed by atoms with Gasteiger partial charge in [0.25, 0.3) is 5.91 Å². The summed E-state index contributed by atoms with van der Waals surface area (Å²) in [4.78, 5) is 27.6. The molecule has 3 aromatic rings. The van der Waals surface area contributed by atoms with Crippen LogP contribution in [-0.2, 0) is 23.2 Å². The van der Waals surface area contributed by atoms with Crippen molar-refractivity contribution in [2.24, 2.45) is 0 Å². The van der Waals surface area contributed by atoms with E-state index >= 15 is 0 Å². The minimum absolute atomic E-state index is 0.0173. The maximum absolute atomic E-state index is 13.2. The van der Waals surface area contributed by atoms with Crippen molar-refractivity contribution >= 4 is 17.5 Å². The van der Waals surface area contributed by atoms with E-state index in [0.717, 1.165) is 41.8 Å². The fourth-order valence-corrected chi connectivity index (χ4v) is 4.40. The predicted molar refractivity (Wildman–Crippen MR) is 116 cm³/mol. The Labute approximate surface area is 180 Å². The van der Waals surface area contributed by atoms with E-state index in [0.29, 0.717) is 18.8 Å². The van der Waals surface area contributed by atoms with E-state index in [1.165, 1.54) is 11.8 Å². The molecule has 0 unspecified atom stereocenters. The third-order valence-corrected chi connectivity index (χ3v) is 6.30. The summed E-state index contributed by atoms with van der Waals surface area (Å²) in [6.45, 7) is 1.14. The van der Waals surface area contributed by atoms with Crippen molar-refractivity contribution in [3.8, 4) is 5.75 Å². The van der Waals surface area contributed by atoms with Crippen LogP contribution in [0.15, 0.2) is 65.3 Å². The Morgan fingerprint density at radius 1 is 1.06 bits per heavy atom. The Bertz CT molecular complexity index is 1130. The number of rotatable bonds is 5. The van der Waals surface area contributed by atoms with E-state index in [1.54, 1.807) is 24.1 Å². The largest absolute Gasteiger partial charge is 0.496 e. The minimum Gasteiger partial charge on any atom is -0.496 e. The van der Waals surface area contributed by atoms with Crippen molar-refractivity contribution in [2.75, 3.05) is 19.0 Å². The number of nitrogens with one attached hydrogen (secondary N) is 1. The number of carbonyl (C=O) groups is 2. The monoisotopic (exact) mass is 416 g/mol. The fraction of sp³-hybridized carbons (Fsp3) is 0.280. The maximum atomic E-state index is 13.2. The first-order valence-electron chi connectivity index (χ1n) is 10.5. The number of amides is 2. The first-order chi connectivity index (χ1) is 15.1. The van der Waals surface area contributed by atoms with E-state index in [2.05, 4.69) is 5.32 Å². The highest BCUT2D eigenvalue weighted by atomic mass is 16.5. The molecule has 0 saturated heterocycles. The van der Waals surface area contributed by atoms with Crippen molar-refractivity contribution in [3.63, 3.8) is 0 Å². The lowest BCUT2D eigenvalue weighted by atomic mass is 9.93. The van der Waals surface area contributed by atoms with Crippen LogP contribution in [0.2, 0.25) is 0 Å². The minimum atomic E-state index is -0.538. The first-order valence-corrected chi connectivity index (χ1v) is 10.5. The normalized spacial score (nSPS) is 16.4. The van der Waals surface area contributed by atoms with Crippen molar-refractivity contribution in [1.82, 2.24) is 4.90 Å². The quantitative estimate of drug-likeness (QED) is 0.678. The van der Waals surface area contributed by atoms with Crippen molar-refractivity contribution in [1.29, 1.82) is 0 Å². The van der Waals surface area contributed by atoms with Crippen LogP contribution in [0.5, 0.6) is 5.75 Å². The number of para-hydroxylation sites is 1. The smallest absolute Gasteiger partial charge is 0.289 e. The van der Waals surface area contributed by atoms with Crippen molar-refractivity contribution in [2.45, 2.75) is 31.2 Å². The van der Waals surface area contributed by atoms with Crippen LogP contribution < -0.4 is 10.1 Å². The molecule has 1 saturated carbocycles. The molecule has 31 heavy (non-hydrogen) atoms. The van der Waals surface area contributed by atoms with Gasteiger partial charge in [-0.25, -0.2) is 0 Å². The third kappa shape index (κ3) is 3.48. The van der Waals surface area contributed by atoms with Crippen molar-refractivity contribution in [3.05, 3.63) is 83.3 Å². The molecule has 158 valence electrons. The van der Waals surface area contributed by atoms with Gasteiger partial charge in [-0.05, 0) is 60.7 Å². The van der Waals surface area contributed by atoms with Gasteiger partial charge in [0.1, 0.15) is 5.75 Å². The Morgan fingerprint density at radius 2 is 1.90 bits per heavy atom. The van der Waals surface area contributed by atoms with E-state index in [9.17, 15) is 9.59 Å². The molecule has 0 bridgehead atoms. The summed E-state index contributed by atoms with van der Waals surface area (Å²) in [5, 5.41) is 3.10. The maximum Gasteiger partial charge on any atom is 0.289 e. The number of hydrogen-bond donors (Lipinski definition) is 1. The lowest BCUT2D eigenvalue weighted by Gasteiger charge is -2.28. The second-order valence-corrected chi connectivity index (χ2v) is 8.17. The van der Waals surface area contributed by atoms with E-state index in [4.69, 9.17) is 9.15 Å². The summed E-state index contributed by atoms with van der Waals surface area (Å²) < 4.78 is 10.7. The van der Waals surface area contributed by atoms with E-state index in [-0.39, 0.29) is 11.8 Å². The lowest BCUT2D eigenvalue weighted by Crippen LogP contribution is -2.36. The van der Waals surface area contributed by atoms with Crippen LogP contribution >= 0.6 is 0 Å². The third-order valence-electron chi connectivity index (χ3n) is 6.30. The van der Waals surface area contributed by atoms with Crippen LogP contribution in [0.25, 0.3) is 0 Å². The summed E-state index contributed by atoms with van der Waals surface area (Å²) in [7, 11) is 1.63. The highest BCUT2D eigenvalue weighted by Gasteiger charge is 2.52. The van der Waals surface area contributed by atoms with Gasteiger partial charge >= 0.3 is 0 Å². The zero-order valence-corrected chi connectivity index (χ0v) is 17.4. The molecule has 1 aromatic heterocycles. The molecule has 6 heteroatoms. The molecule has 1 aliphatic carbocycles. The van der Waals surface area contributed by atoms with Gasteiger partial charge in [0.2, 0.25) is 5.91 Å². The number of anilines is 1. The number of furan rings is 1. The standard InChI is InChI=1S/C25H24N2O4/c1-30-21-6-3-2-5-20(21)25(11-12-25)24(29)26-19-9-8-17-10-13-27(16-18(17)15-19)23(28)22-7-4-14-31-22/h2-9,14-15H,10-13,16H2,1H3,(H,26,29). The zero-order valence-electron chi connectivity index (χ0n) is 17.4. The summed E-state index contributed by atoms with van der Waals surface area (Å²) in [5.74, 6) is 0.961. The molecular weight excluding hydrogens is 392 g/mol. The molecule has 2 aliphatic rings. The van der Waals surface area contributed by atoms with Gasteiger partial charge in [-0.3, -0.25) is 9.59 Å². The number of carbonyl (C=O) groups excluding carboxylic acids is 2. The van der Waals surface area contributed by atoms with Crippen LogP contribution in [0.3, 0.4) is 0 Å². The number of hydrogen-bond acceptors (Lipinski definition) is 4. The second kappa shape index (κ2) is 7.61. The molecule has 0 radical (unpaired) electrons. The van der Waals surface area contributed by atoms with Crippen LogP contribution in [0.4, 0.5) is 5.69 Å². The molecule has 2 aromatic carbocycles. The van der Waals surface area contributed by atoms with Gasteiger partial charge in [-0.15, -0.1) is 0 Å². The molecule has 6 nitrogen and oxygen atoms in total. The van der Waals surface area contributed by atoms with Gasteiger partial charge in [-0.2, -0.15) is 0 Å². The molecule has 0 spiro atoms. The number of benzene rings is 2. The Kier molecular flexibility index (Phi) is 4.77. The molecule has 2 heterocycles. The van der Waals surface area contributed by atoms with Crippen LogP contribution in [0.1, 0.15) is 40.1 Å². The summed E-state index contributed by atoms with van der Waals surface area (Å²) in [6, 6.07) is 17.1. The van der Waals surface area contributed by atoms with Crippen molar-refractivity contribution < 1.29 is 18.7 Å². The van der Waals surface area contributed by atoms with Gasteiger partial charge in [-0.1, -0.05) is 24.3 Å². The fourth-order valence-electron chi connectivity index (χ4n) is 4.40. The number of fused-ring (bicyclic) bond motifs is 1. The highest BCUT2D eigenvalue weighted by Crippen LogP contribution is 2.52. The molecule has 2 amide bonds. The van der Waals surface area contributed by atoms with E-state index in [1.807, 2.05) is 42.5 Å². The molecule has 1 aliphatic heterocycles. The molecular formula is C25H24N2O4. The lowest BCUT2D eigenvalue weighted by molar-refractivity contribution is -0.118. The van der Waals surface area contributed by atoms with Crippen LogP contribution in [-0.4, -0.2) is 30.4 Å². The number of ether oxygens (including phenoxy) is 1. The molecule has 0 atom stereocenters. The number of nitrogens with zero attached hydrogens (tertiary/aromatic N) is 1. The van der Waals surface area contributed by atoms with Crippen LogP contribution in [0, 0.1) is 0 Å². The summed E-state index contributed by atoms with van der Waals surface area (Å²) in [5.41, 5.74) is 3.39. The molecule has 1 N–H and O–H groups in total. The molecule has 5 rings (SSSR count). The van der Waals surface area contributed by atoms with E-state index < -0.39 is 5.41 Å². The average molecular weight is 416 g/mol. The van der Waals surface area contributed by atoms with Gasteiger partial charge in [0.15, 0.2) is 5.76 Å². The summed E-state index contributed by atoms with van der Waals surface area (Å²) >= 11 is 0. The topological polar surface area (TPSA) is 71.8 Å². The Hall–Kier alpha value is -3.54. The Morgan fingerprint density at radius 3 is 2.65 bits per heavy atom. The SMILES string of the molecule is COc1ccccc1C1(C(=O)Nc2ccc3c(c2)CN(C(=O)c2ccco2)CC3)CC1. The van der Waals surface area contributed by atoms with Gasteiger partial charge < -0.3 is 19.4 Å².